The van der Waals surface area contributed by atoms with Crippen LogP contribution in [-0.4, -0.2) is 42.0 Å². The first kappa shape index (κ1) is 16.8. The van der Waals surface area contributed by atoms with Crippen molar-refractivity contribution in [2.45, 2.75) is 65.2 Å². The Labute approximate surface area is 120 Å². The molecule has 1 amide bonds. The number of amides is 1. The molecule has 1 aliphatic rings. The predicted octanol–water partition coefficient (Wildman–Crippen LogP) is 2.52. The molecule has 0 spiro atoms. The zero-order valence-electron chi connectivity index (χ0n) is 13.1. The van der Waals surface area contributed by atoms with E-state index in [9.17, 15) is 9.59 Å². The summed E-state index contributed by atoms with van der Waals surface area (Å²) >= 11 is 0. The van der Waals surface area contributed by atoms with E-state index in [1.54, 1.807) is 20.8 Å². The van der Waals surface area contributed by atoms with Gasteiger partial charge in [0.25, 0.3) is 0 Å². The van der Waals surface area contributed by atoms with Crippen LogP contribution in [0, 0.1) is 5.92 Å². The fourth-order valence-electron chi connectivity index (χ4n) is 1.97. The van der Waals surface area contributed by atoms with Crippen molar-refractivity contribution in [3.8, 4) is 0 Å². The lowest BCUT2D eigenvalue weighted by Gasteiger charge is -2.27. The van der Waals surface area contributed by atoms with Gasteiger partial charge in [-0.25, -0.2) is 4.79 Å². The van der Waals surface area contributed by atoms with Crippen LogP contribution in [0.1, 0.15) is 47.5 Å². The minimum Gasteiger partial charge on any atom is -0.469 e. The maximum Gasteiger partial charge on any atom is 0.434 e. The highest BCUT2D eigenvalue weighted by Gasteiger charge is 2.41. The molecule has 0 aromatic rings. The van der Waals surface area contributed by atoms with E-state index in [0.29, 0.717) is 6.42 Å². The van der Waals surface area contributed by atoms with Crippen LogP contribution in [0.3, 0.4) is 0 Å². The number of carbonyl (C=O) groups excluding carboxylic acids is 2. The van der Waals surface area contributed by atoms with Crippen molar-refractivity contribution >= 4 is 12.1 Å². The van der Waals surface area contributed by atoms with Gasteiger partial charge in [-0.2, -0.15) is 5.06 Å². The fraction of sp³-hybridized carbons (Fsp3) is 0.857. The number of methoxy groups -OCH3 is 1. The van der Waals surface area contributed by atoms with Gasteiger partial charge in [-0.05, 0) is 26.7 Å². The quantitative estimate of drug-likeness (QED) is 0.746. The topological polar surface area (TPSA) is 65.1 Å². The Bertz CT molecular complexity index is 361. The summed E-state index contributed by atoms with van der Waals surface area (Å²) in [5.74, 6) is -0.112. The van der Waals surface area contributed by atoms with Gasteiger partial charge in [-0.15, -0.1) is 0 Å². The number of nitrogens with zero attached hydrogens (tertiary/aromatic N) is 1. The van der Waals surface area contributed by atoms with Gasteiger partial charge in [-0.3, -0.25) is 9.63 Å². The van der Waals surface area contributed by atoms with Crippen LogP contribution < -0.4 is 0 Å². The molecule has 116 valence electrons. The zero-order chi connectivity index (χ0) is 15.5. The van der Waals surface area contributed by atoms with Crippen molar-refractivity contribution in [2.24, 2.45) is 5.92 Å². The molecule has 0 aromatic heterocycles. The van der Waals surface area contributed by atoms with Crippen LogP contribution in [0.4, 0.5) is 4.79 Å². The van der Waals surface area contributed by atoms with Gasteiger partial charge < -0.3 is 9.47 Å². The largest absolute Gasteiger partial charge is 0.469 e. The molecule has 0 aliphatic carbocycles. The molecule has 6 nitrogen and oxygen atoms in total. The number of ether oxygens (including phenoxy) is 2. The molecule has 0 N–H and O–H groups in total. The van der Waals surface area contributed by atoms with Gasteiger partial charge in [0.2, 0.25) is 0 Å². The predicted molar refractivity (Wildman–Crippen MR) is 72.8 cm³/mol. The summed E-state index contributed by atoms with van der Waals surface area (Å²) in [6.45, 7) is 9.39. The molecule has 0 aromatic carbocycles. The van der Waals surface area contributed by atoms with E-state index in [2.05, 4.69) is 4.74 Å². The third-order valence-corrected chi connectivity index (χ3v) is 3.03. The highest BCUT2D eigenvalue weighted by molar-refractivity contribution is 5.72. The van der Waals surface area contributed by atoms with Crippen molar-refractivity contribution in [1.29, 1.82) is 0 Å². The number of hydrogen-bond donors (Lipinski definition) is 0. The monoisotopic (exact) mass is 287 g/mol. The standard InChI is InChI=1S/C14H25NO5/c1-9(2)11-7-10(8-12(16)18-6)15(20-11)13(17)19-14(3,4)5/h9-11H,7-8H2,1-6H3. The highest BCUT2D eigenvalue weighted by atomic mass is 16.7. The molecule has 0 saturated carbocycles. The Morgan fingerprint density at radius 2 is 1.95 bits per heavy atom. The SMILES string of the molecule is COC(=O)CC1CC(C(C)C)ON1C(=O)OC(C)(C)C. The Kier molecular flexibility index (Phi) is 5.39. The van der Waals surface area contributed by atoms with Gasteiger partial charge in [0.05, 0.1) is 25.7 Å². The molecule has 0 bridgehead atoms. The second-order valence-electron chi connectivity index (χ2n) is 6.36. The van der Waals surface area contributed by atoms with Crippen LogP contribution in [0.25, 0.3) is 0 Å². The highest BCUT2D eigenvalue weighted by Crippen LogP contribution is 2.29. The summed E-state index contributed by atoms with van der Waals surface area (Å²) in [6.07, 6.45) is 0.0528. The lowest BCUT2D eigenvalue weighted by atomic mass is 9.99. The smallest absolute Gasteiger partial charge is 0.434 e. The molecule has 1 fully saturated rings. The van der Waals surface area contributed by atoms with Crippen LogP contribution in [-0.2, 0) is 19.1 Å². The maximum atomic E-state index is 12.1. The van der Waals surface area contributed by atoms with Crippen molar-refractivity contribution in [3.05, 3.63) is 0 Å². The van der Waals surface area contributed by atoms with E-state index < -0.39 is 11.7 Å². The molecule has 20 heavy (non-hydrogen) atoms. The summed E-state index contributed by atoms with van der Waals surface area (Å²) in [5, 5.41) is 1.19. The maximum absolute atomic E-state index is 12.1. The zero-order valence-corrected chi connectivity index (χ0v) is 13.1. The van der Waals surface area contributed by atoms with Gasteiger partial charge in [0.15, 0.2) is 0 Å². The molecule has 1 saturated heterocycles. The van der Waals surface area contributed by atoms with Crippen molar-refractivity contribution in [2.75, 3.05) is 7.11 Å². The number of esters is 1. The molecular weight excluding hydrogens is 262 g/mol. The minimum atomic E-state index is -0.605. The minimum absolute atomic E-state index is 0.0998. The van der Waals surface area contributed by atoms with Crippen LogP contribution in [0.5, 0.6) is 0 Å². The first-order chi connectivity index (χ1) is 9.14. The van der Waals surface area contributed by atoms with E-state index in [0.717, 1.165) is 0 Å². The average molecular weight is 287 g/mol. The third-order valence-electron chi connectivity index (χ3n) is 3.03. The van der Waals surface area contributed by atoms with Crippen LogP contribution in [0.15, 0.2) is 0 Å². The summed E-state index contributed by atoms with van der Waals surface area (Å²) in [6, 6.07) is -0.343. The number of rotatable bonds is 3. The number of hydroxylamine groups is 2. The summed E-state index contributed by atoms with van der Waals surface area (Å²) in [7, 11) is 1.33. The van der Waals surface area contributed by atoms with Gasteiger partial charge in [-0.1, -0.05) is 13.8 Å². The van der Waals surface area contributed by atoms with Gasteiger partial charge in [0, 0.05) is 6.42 Å². The molecular formula is C14H25NO5. The Balaban J connectivity index is 2.77. The Morgan fingerprint density at radius 3 is 2.40 bits per heavy atom. The summed E-state index contributed by atoms with van der Waals surface area (Å²) < 4.78 is 9.97. The average Bonchev–Trinajstić information content (AvgIpc) is 2.70. The van der Waals surface area contributed by atoms with Crippen molar-refractivity contribution in [3.63, 3.8) is 0 Å². The molecule has 2 atom stereocenters. The van der Waals surface area contributed by atoms with Crippen LogP contribution >= 0.6 is 0 Å². The van der Waals surface area contributed by atoms with E-state index in [4.69, 9.17) is 9.57 Å². The second-order valence-corrected chi connectivity index (χ2v) is 6.36. The van der Waals surface area contributed by atoms with Gasteiger partial charge in [0.1, 0.15) is 5.60 Å². The van der Waals surface area contributed by atoms with Crippen molar-refractivity contribution < 1.29 is 23.9 Å². The number of hydrogen-bond acceptors (Lipinski definition) is 5. The van der Waals surface area contributed by atoms with Crippen molar-refractivity contribution in [1.82, 2.24) is 5.06 Å². The second kappa shape index (κ2) is 6.43. The Morgan fingerprint density at radius 1 is 1.35 bits per heavy atom. The first-order valence-electron chi connectivity index (χ1n) is 6.90. The Hall–Kier alpha value is -1.30. The molecule has 0 radical (unpaired) electrons. The van der Waals surface area contributed by atoms with E-state index in [1.165, 1.54) is 12.2 Å². The molecule has 1 aliphatic heterocycles. The van der Waals surface area contributed by atoms with Gasteiger partial charge >= 0.3 is 12.1 Å². The molecule has 6 heteroatoms. The summed E-state index contributed by atoms with van der Waals surface area (Å²) in [4.78, 5) is 29.2. The molecule has 1 rings (SSSR count). The third kappa shape index (κ3) is 4.67. The normalized spacial score (nSPS) is 23.1. The molecule has 1 heterocycles. The molecule has 2 unspecified atom stereocenters. The van der Waals surface area contributed by atoms with E-state index in [-0.39, 0.29) is 30.5 Å². The van der Waals surface area contributed by atoms with E-state index in [1.807, 2.05) is 13.8 Å². The number of carbonyl (C=O) groups is 2. The van der Waals surface area contributed by atoms with E-state index >= 15 is 0 Å². The summed E-state index contributed by atoms with van der Waals surface area (Å²) in [5.41, 5.74) is -0.605. The first-order valence-corrected chi connectivity index (χ1v) is 6.90. The lowest BCUT2D eigenvalue weighted by Crippen LogP contribution is -2.40. The van der Waals surface area contributed by atoms with Crippen LogP contribution in [0.2, 0.25) is 0 Å². The lowest BCUT2D eigenvalue weighted by molar-refractivity contribution is -0.164. The fourth-order valence-corrected chi connectivity index (χ4v) is 1.97.